The third-order valence-electron chi connectivity index (χ3n) is 4.80. The van der Waals surface area contributed by atoms with Gasteiger partial charge in [-0.05, 0) is 72.5 Å². The van der Waals surface area contributed by atoms with Crippen LogP contribution in [0.3, 0.4) is 0 Å². The third kappa shape index (κ3) is 3.66. The van der Waals surface area contributed by atoms with E-state index < -0.39 is 15.7 Å². The van der Waals surface area contributed by atoms with Crippen molar-refractivity contribution in [2.75, 3.05) is 5.32 Å². The molecule has 5 nitrogen and oxygen atoms in total. The molecule has 7 heteroatoms. The Morgan fingerprint density at radius 1 is 1.00 bits per heavy atom. The number of halogens is 1. The zero-order chi connectivity index (χ0) is 19.7. The molecule has 0 saturated heterocycles. The largest absolute Gasteiger partial charge is 0.326 e. The first-order valence-corrected chi connectivity index (χ1v) is 10.2. The second-order valence-electron chi connectivity index (χ2n) is 6.71. The van der Waals surface area contributed by atoms with Crippen LogP contribution in [0.2, 0.25) is 0 Å². The summed E-state index contributed by atoms with van der Waals surface area (Å²) < 4.78 is 38.2. The quantitative estimate of drug-likeness (QED) is 0.666. The van der Waals surface area contributed by atoms with Crippen LogP contribution in [-0.2, 0) is 14.6 Å². The number of carbonyl (C=O) groups is 1. The van der Waals surface area contributed by atoms with Crippen LogP contribution in [0.4, 0.5) is 10.1 Å². The van der Waals surface area contributed by atoms with Crippen LogP contribution >= 0.6 is 0 Å². The molecule has 2 aromatic carbocycles. The Kier molecular flexibility index (Phi) is 4.68. The summed E-state index contributed by atoms with van der Waals surface area (Å²) in [5.41, 5.74) is 1.57. The minimum Gasteiger partial charge on any atom is -0.326 e. The van der Waals surface area contributed by atoms with Gasteiger partial charge in [0.05, 0.1) is 9.79 Å². The number of hydrogen-bond donors (Lipinski definition) is 1. The number of aromatic nitrogens is 1. The van der Waals surface area contributed by atoms with E-state index in [0.29, 0.717) is 5.69 Å². The molecule has 3 aromatic rings. The Morgan fingerprint density at radius 3 is 2.25 bits per heavy atom. The van der Waals surface area contributed by atoms with Gasteiger partial charge in [0.1, 0.15) is 5.82 Å². The highest BCUT2D eigenvalue weighted by Crippen LogP contribution is 2.47. The van der Waals surface area contributed by atoms with Gasteiger partial charge in [0.15, 0.2) is 0 Å². The van der Waals surface area contributed by atoms with Crippen molar-refractivity contribution in [3.8, 4) is 0 Å². The molecule has 0 radical (unpaired) electrons. The second-order valence-corrected chi connectivity index (χ2v) is 8.66. The van der Waals surface area contributed by atoms with E-state index >= 15 is 0 Å². The van der Waals surface area contributed by atoms with Crippen LogP contribution in [0, 0.1) is 11.7 Å². The summed E-state index contributed by atoms with van der Waals surface area (Å²) in [5.74, 6) is -0.525. The molecule has 1 saturated carbocycles. The van der Waals surface area contributed by atoms with Gasteiger partial charge in [-0.2, -0.15) is 0 Å². The van der Waals surface area contributed by atoms with Crippen molar-refractivity contribution in [1.29, 1.82) is 0 Å². The van der Waals surface area contributed by atoms with Gasteiger partial charge in [-0.15, -0.1) is 0 Å². The van der Waals surface area contributed by atoms with E-state index in [-0.39, 0.29) is 27.5 Å². The molecule has 1 heterocycles. The molecule has 4 rings (SSSR count). The molecule has 0 spiro atoms. The maximum Gasteiger partial charge on any atom is 0.228 e. The zero-order valence-corrected chi connectivity index (χ0v) is 15.6. The minimum absolute atomic E-state index is 0.0166. The average Bonchev–Trinajstić information content (AvgIpc) is 3.51. The Morgan fingerprint density at radius 2 is 1.64 bits per heavy atom. The topological polar surface area (TPSA) is 76.1 Å². The number of amides is 1. The van der Waals surface area contributed by atoms with Crippen molar-refractivity contribution >= 4 is 21.4 Å². The molecule has 1 aliphatic carbocycles. The molecule has 1 aliphatic rings. The van der Waals surface area contributed by atoms with E-state index in [2.05, 4.69) is 10.3 Å². The summed E-state index contributed by atoms with van der Waals surface area (Å²) in [6, 6.07) is 14.4. The van der Waals surface area contributed by atoms with Crippen LogP contribution in [-0.4, -0.2) is 19.3 Å². The van der Waals surface area contributed by atoms with Gasteiger partial charge in [-0.3, -0.25) is 9.78 Å². The van der Waals surface area contributed by atoms with Gasteiger partial charge in [-0.25, -0.2) is 12.8 Å². The van der Waals surface area contributed by atoms with Crippen molar-refractivity contribution in [1.82, 2.24) is 4.98 Å². The fraction of sp³-hybridized carbons (Fsp3) is 0.143. The maximum atomic E-state index is 13.0. The number of benzene rings is 2. The minimum atomic E-state index is -3.74. The van der Waals surface area contributed by atoms with Crippen LogP contribution < -0.4 is 5.32 Å². The highest BCUT2D eigenvalue weighted by Gasteiger charge is 2.44. The Labute approximate surface area is 162 Å². The molecule has 1 N–H and O–H groups in total. The van der Waals surface area contributed by atoms with E-state index in [4.69, 9.17) is 0 Å². The molecule has 2 atom stereocenters. The summed E-state index contributed by atoms with van der Waals surface area (Å²) in [6.45, 7) is 0. The van der Waals surface area contributed by atoms with Crippen LogP contribution in [0.5, 0.6) is 0 Å². The van der Waals surface area contributed by atoms with Gasteiger partial charge in [-0.1, -0.05) is 6.07 Å². The highest BCUT2D eigenvalue weighted by atomic mass is 32.2. The van der Waals surface area contributed by atoms with Gasteiger partial charge in [0.25, 0.3) is 0 Å². The van der Waals surface area contributed by atoms with Crippen molar-refractivity contribution in [2.24, 2.45) is 5.92 Å². The predicted molar refractivity (Wildman–Crippen MR) is 102 cm³/mol. The first-order valence-electron chi connectivity index (χ1n) is 8.77. The number of sulfone groups is 1. The lowest BCUT2D eigenvalue weighted by molar-refractivity contribution is -0.117. The first-order chi connectivity index (χ1) is 13.4. The molecule has 28 heavy (non-hydrogen) atoms. The van der Waals surface area contributed by atoms with Crippen molar-refractivity contribution in [2.45, 2.75) is 22.1 Å². The predicted octanol–water partition coefficient (Wildman–Crippen LogP) is 3.80. The Hall–Kier alpha value is -3.06. The lowest BCUT2D eigenvalue weighted by atomic mass is 10.1. The smallest absolute Gasteiger partial charge is 0.228 e. The first kappa shape index (κ1) is 18.3. The second kappa shape index (κ2) is 7.16. The summed E-state index contributed by atoms with van der Waals surface area (Å²) in [4.78, 5) is 16.6. The van der Waals surface area contributed by atoms with E-state index in [1.165, 1.54) is 24.3 Å². The van der Waals surface area contributed by atoms with Crippen molar-refractivity contribution in [3.63, 3.8) is 0 Å². The number of anilines is 1. The van der Waals surface area contributed by atoms with Gasteiger partial charge >= 0.3 is 0 Å². The molecular formula is C21H17FN2O3S. The van der Waals surface area contributed by atoms with E-state index in [1.807, 2.05) is 12.1 Å². The van der Waals surface area contributed by atoms with Crippen molar-refractivity contribution in [3.05, 3.63) is 84.4 Å². The summed E-state index contributed by atoms with van der Waals surface area (Å²) in [7, 11) is -3.74. The Bertz CT molecular complexity index is 1100. The summed E-state index contributed by atoms with van der Waals surface area (Å²) in [6.07, 6.45) is 4.24. The van der Waals surface area contributed by atoms with Gasteiger partial charge in [0, 0.05) is 24.0 Å². The number of pyridine rings is 1. The number of carbonyl (C=O) groups excluding carboxylic acids is 1. The van der Waals surface area contributed by atoms with Crippen LogP contribution in [0.25, 0.3) is 0 Å². The lowest BCUT2D eigenvalue weighted by Gasteiger charge is -2.08. The van der Waals surface area contributed by atoms with Crippen LogP contribution in [0.1, 0.15) is 17.9 Å². The number of hydrogen-bond acceptors (Lipinski definition) is 4. The molecule has 0 bridgehead atoms. The van der Waals surface area contributed by atoms with Gasteiger partial charge in [0.2, 0.25) is 15.7 Å². The molecule has 1 fully saturated rings. The summed E-state index contributed by atoms with van der Waals surface area (Å²) >= 11 is 0. The molecule has 1 amide bonds. The fourth-order valence-electron chi connectivity index (χ4n) is 3.15. The average molecular weight is 396 g/mol. The van der Waals surface area contributed by atoms with E-state index in [9.17, 15) is 17.6 Å². The fourth-order valence-corrected chi connectivity index (χ4v) is 4.41. The number of rotatable bonds is 5. The SMILES string of the molecule is O=C(Nc1ccc(S(=O)(=O)c2ccc(F)cc2)cc1)[C@H]1C[C@H]1c1cccnc1. The highest BCUT2D eigenvalue weighted by molar-refractivity contribution is 7.91. The number of nitrogens with one attached hydrogen (secondary N) is 1. The lowest BCUT2D eigenvalue weighted by Crippen LogP contribution is -2.14. The van der Waals surface area contributed by atoms with Crippen molar-refractivity contribution < 1.29 is 17.6 Å². The molecule has 1 aromatic heterocycles. The Balaban J connectivity index is 1.44. The standard InChI is InChI=1S/C21H17FN2O3S/c22-15-3-7-17(8-4-15)28(26,27)18-9-5-16(6-10-18)24-21(25)20-12-19(20)14-2-1-11-23-13-14/h1-11,13,19-20H,12H2,(H,24,25)/t19-,20-/m0/s1. The normalized spacial score (nSPS) is 18.5. The monoisotopic (exact) mass is 396 g/mol. The molecule has 142 valence electrons. The van der Waals surface area contributed by atoms with E-state index in [0.717, 1.165) is 24.1 Å². The molecular weight excluding hydrogens is 379 g/mol. The van der Waals surface area contributed by atoms with Gasteiger partial charge < -0.3 is 5.32 Å². The maximum absolute atomic E-state index is 13.0. The molecule has 0 aliphatic heterocycles. The number of nitrogens with zero attached hydrogens (tertiary/aromatic N) is 1. The summed E-state index contributed by atoms with van der Waals surface area (Å²) in [5, 5.41) is 2.83. The molecule has 0 unspecified atom stereocenters. The van der Waals surface area contributed by atoms with E-state index in [1.54, 1.807) is 24.5 Å². The zero-order valence-electron chi connectivity index (χ0n) is 14.7. The van der Waals surface area contributed by atoms with Crippen LogP contribution in [0.15, 0.2) is 82.8 Å². The third-order valence-corrected chi connectivity index (χ3v) is 6.58.